The average molecular weight is 507 g/mol. The van der Waals surface area contributed by atoms with Gasteiger partial charge in [0.05, 0.1) is 13.2 Å². The SMILES string of the molecule is CC1(COC(=O)N2CCC(C3OCc4cc(-c5ccc(C(=O)NC(C)(C)C)cc5)ccc4O3)CC2)CC1. The number of nitrogens with zero attached hydrogens (tertiary/aromatic N) is 1. The number of ether oxygens (including phenoxy) is 3. The molecule has 2 aliphatic heterocycles. The highest BCUT2D eigenvalue weighted by Crippen LogP contribution is 2.45. The van der Waals surface area contributed by atoms with Crippen LogP contribution in [0.4, 0.5) is 4.79 Å². The van der Waals surface area contributed by atoms with Gasteiger partial charge in [0.25, 0.3) is 5.91 Å². The summed E-state index contributed by atoms with van der Waals surface area (Å²) in [6, 6.07) is 13.8. The summed E-state index contributed by atoms with van der Waals surface area (Å²) in [5.41, 5.74) is 3.67. The number of carbonyl (C=O) groups excluding carboxylic acids is 2. The molecule has 1 N–H and O–H groups in total. The Morgan fingerprint density at radius 1 is 1.05 bits per heavy atom. The van der Waals surface area contributed by atoms with Crippen LogP contribution < -0.4 is 10.1 Å². The van der Waals surface area contributed by atoms with Gasteiger partial charge in [-0.3, -0.25) is 4.79 Å². The zero-order valence-corrected chi connectivity index (χ0v) is 22.3. The van der Waals surface area contributed by atoms with E-state index in [4.69, 9.17) is 14.2 Å². The van der Waals surface area contributed by atoms with Gasteiger partial charge in [0, 0.05) is 41.1 Å². The molecule has 3 aliphatic rings. The summed E-state index contributed by atoms with van der Waals surface area (Å²) in [6.07, 6.45) is 3.45. The molecular weight excluding hydrogens is 468 g/mol. The summed E-state index contributed by atoms with van der Waals surface area (Å²) in [5, 5.41) is 2.99. The van der Waals surface area contributed by atoms with Gasteiger partial charge < -0.3 is 24.4 Å². The molecule has 2 aromatic carbocycles. The summed E-state index contributed by atoms with van der Waals surface area (Å²) in [4.78, 5) is 26.6. The molecule has 37 heavy (non-hydrogen) atoms. The lowest BCUT2D eigenvalue weighted by atomic mass is 9.95. The monoisotopic (exact) mass is 506 g/mol. The first-order valence-corrected chi connectivity index (χ1v) is 13.3. The van der Waals surface area contributed by atoms with Crippen molar-refractivity contribution in [1.82, 2.24) is 10.2 Å². The number of nitrogens with one attached hydrogen (secondary N) is 1. The average Bonchev–Trinajstić information content (AvgIpc) is 3.63. The molecule has 1 unspecified atom stereocenters. The lowest BCUT2D eigenvalue weighted by molar-refractivity contribution is -0.148. The van der Waals surface area contributed by atoms with Crippen molar-refractivity contribution in [1.29, 1.82) is 0 Å². The molecule has 2 amide bonds. The lowest BCUT2D eigenvalue weighted by Crippen LogP contribution is -2.44. The number of fused-ring (bicyclic) bond motifs is 1. The maximum Gasteiger partial charge on any atom is 0.409 e. The quantitative estimate of drug-likeness (QED) is 0.557. The molecule has 7 nitrogen and oxygen atoms in total. The minimum atomic E-state index is -0.303. The predicted molar refractivity (Wildman–Crippen MR) is 141 cm³/mol. The van der Waals surface area contributed by atoms with E-state index in [1.54, 1.807) is 0 Å². The first kappa shape index (κ1) is 25.6. The minimum Gasteiger partial charge on any atom is -0.464 e. The molecule has 0 spiro atoms. The number of piperidine rings is 1. The topological polar surface area (TPSA) is 77.1 Å². The van der Waals surface area contributed by atoms with Crippen molar-refractivity contribution in [3.63, 3.8) is 0 Å². The number of likely N-dealkylation sites (tertiary alicyclic amines) is 1. The Morgan fingerprint density at radius 3 is 2.38 bits per heavy atom. The highest BCUT2D eigenvalue weighted by Gasteiger charge is 2.39. The van der Waals surface area contributed by atoms with Crippen LogP contribution in [-0.4, -0.2) is 48.4 Å². The smallest absolute Gasteiger partial charge is 0.409 e. The van der Waals surface area contributed by atoms with Gasteiger partial charge in [-0.1, -0.05) is 25.1 Å². The molecule has 2 aromatic rings. The van der Waals surface area contributed by atoms with Gasteiger partial charge >= 0.3 is 6.09 Å². The van der Waals surface area contributed by atoms with Crippen molar-refractivity contribution in [2.45, 2.75) is 71.8 Å². The Kier molecular flexibility index (Phi) is 6.92. The molecule has 5 rings (SSSR count). The first-order chi connectivity index (χ1) is 17.6. The maximum absolute atomic E-state index is 12.4. The van der Waals surface area contributed by atoms with E-state index in [0.29, 0.717) is 31.9 Å². The lowest BCUT2D eigenvalue weighted by Gasteiger charge is -2.37. The van der Waals surface area contributed by atoms with E-state index < -0.39 is 0 Å². The van der Waals surface area contributed by atoms with Crippen LogP contribution in [0.1, 0.15) is 69.3 Å². The normalized spacial score (nSPS) is 21.0. The van der Waals surface area contributed by atoms with Crippen molar-refractivity contribution in [3.8, 4) is 16.9 Å². The van der Waals surface area contributed by atoms with E-state index in [9.17, 15) is 9.59 Å². The summed E-state index contributed by atoms with van der Waals surface area (Å²) in [7, 11) is 0. The zero-order chi connectivity index (χ0) is 26.2. The van der Waals surface area contributed by atoms with Crippen molar-refractivity contribution in [2.75, 3.05) is 19.7 Å². The maximum atomic E-state index is 12.4. The first-order valence-electron chi connectivity index (χ1n) is 13.3. The third kappa shape index (κ3) is 6.27. The summed E-state index contributed by atoms with van der Waals surface area (Å²) >= 11 is 0. The molecular formula is C30H38N2O5. The van der Waals surface area contributed by atoms with Gasteiger partial charge in [0.15, 0.2) is 0 Å². The van der Waals surface area contributed by atoms with Crippen molar-refractivity contribution in [3.05, 3.63) is 53.6 Å². The van der Waals surface area contributed by atoms with E-state index in [-0.39, 0.29) is 35.2 Å². The van der Waals surface area contributed by atoms with E-state index >= 15 is 0 Å². The molecule has 198 valence electrons. The van der Waals surface area contributed by atoms with Gasteiger partial charge in [0.1, 0.15) is 5.75 Å². The van der Waals surface area contributed by atoms with Crippen molar-refractivity contribution in [2.24, 2.45) is 11.3 Å². The second-order valence-corrected chi connectivity index (χ2v) is 12.1. The number of rotatable bonds is 5. The number of benzene rings is 2. The van der Waals surface area contributed by atoms with Gasteiger partial charge in [-0.05, 0) is 81.8 Å². The van der Waals surface area contributed by atoms with Crippen molar-refractivity contribution >= 4 is 12.0 Å². The van der Waals surface area contributed by atoms with E-state index in [1.165, 1.54) is 0 Å². The second-order valence-electron chi connectivity index (χ2n) is 12.1. The molecule has 7 heteroatoms. The molecule has 2 fully saturated rings. The summed E-state index contributed by atoms with van der Waals surface area (Å²) < 4.78 is 17.9. The fraction of sp³-hybridized carbons (Fsp3) is 0.533. The highest BCUT2D eigenvalue weighted by atomic mass is 16.7. The van der Waals surface area contributed by atoms with Crippen LogP contribution in [0, 0.1) is 11.3 Å². The van der Waals surface area contributed by atoms with Gasteiger partial charge in [0.2, 0.25) is 6.29 Å². The molecule has 2 heterocycles. The van der Waals surface area contributed by atoms with Gasteiger partial charge in [-0.2, -0.15) is 0 Å². The Balaban J connectivity index is 1.15. The molecule has 0 radical (unpaired) electrons. The number of hydrogen-bond donors (Lipinski definition) is 1. The fourth-order valence-electron chi connectivity index (χ4n) is 4.82. The zero-order valence-electron chi connectivity index (χ0n) is 22.3. The van der Waals surface area contributed by atoms with Crippen LogP contribution in [0.25, 0.3) is 11.1 Å². The third-order valence-corrected chi connectivity index (χ3v) is 7.51. The molecule has 0 aromatic heterocycles. The molecule has 1 saturated carbocycles. The Bertz CT molecular complexity index is 1140. The molecule has 1 aliphatic carbocycles. The second kappa shape index (κ2) is 10.0. The highest BCUT2D eigenvalue weighted by molar-refractivity contribution is 5.95. The van der Waals surface area contributed by atoms with E-state index in [1.807, 2.05) is 62.1 Å². The standard InChI is InChI=1S/C30H38N2O5/c1-29(2,3)31-26(33)21-7-5-20(6-8-21)23-9-10-25-24(17-23)18-35-27(37-25)22-11-15-32(16-12-22)28(34)36-19-30(4)13-14-30/h5-10,17,22,27H,11-16,18-19H2,1-4H3,(H,31,33). The van der Waals surface area contributed by atoms with Crippen LogP contribution in [0.5, 0.6) is 5.75 Å². The van der Waals surface area contributed by atoms with Crippen LogP contribution >= 0.6 is 0 Å². The predicted octanol–water partition coefficient (Wildman–Crippen LogP) is 5.77. The summed E-state index contributed by atoms with van der Waals surface area (Å²) in [5.74, 6) is 1.01. The Morgan fingerprint density at radius 2 is 1.73 bits per heavy atom. The largest absolute Gasteiger partial charge is 0.464 e. The Labute approximate surface area is 219 Å². The molecule has 0 bridgehead atoms. The van der Waals surface area contributed by atoms with Gasteiger partial charge in [-0.15, -0.1) is 0 Å². The van der Waals surface area contributed by atoms with Crippen LogP contribution in [0.2, 0.25) is 0 Å². The van der Waals surface area contributed by atoms with Crippen LogP contribution in [-0.2, 0) is 16.1 Å². The van der Waals surface area contributed by atoms with E-state index in [0.717, 1.165) is 48.1 Å². The number of hydrogen-bond acceptors (Lipinski definition) is 5. The van der Waals surface area contributed by atoms with E-state index in [2.05, 4.69) is 18.3 Å². The van der Waals surface area contributed by atoms with Crippen molar-refractivity contribution < 1.29 is 23.8 Å². The Hall–Kier alpha value is -3.06. The third-order valence-electron chi connectivity index (χ3n) is 7.51. The molecule has 1 atom stereocenters. The number of carbonyl (C=O) groups is 2. The van der Waals surface area contributed by atoms with Gasteiger partial charge in [-0.25, -0.2) is 4.79 Å². The fourth-order valence-corrected chi connectivity index (χ4v) is 4.82. The number of amides is 2. The minimum absolute atomic E-state index is 0.0762. The van der Waals surface area contributed by atoms with Crippen LogP contribution in [0.15, 0.2) is 42.5 Å². The molecule has 1 saturated heterocycles. The van der Waals surface area contributed by atoms with Crippen LogP contribution in [0.3, 0.4) is 0 Å². The summed E-state index contributed by atoms with van der Waals surface area (Å²) in [6.45, 7) is 10.4.